The maximum Gasteiger partial charge on any atom is 0.256 e. The number of thiophene rings is 1. The summed E-state index contributed by atoms with van der Waals surface area (Å²) in [5.74, 6) is 0.326. The SMILES string of the molecule is O=C([C@H](O)c1cccc(Br)c1)N1CCCc2nc(C3(c4cc(-c5ccccc5)cs4)CC3)[nH]c(=O)c2C1. The van der Waals surface area contributed by atoms with Crippen molar-refractivity contribution < 1.29 is 9.90 Å². The number of nitrogens with one attached hydrogen (secondary N) is 1. The van der Waals surface area contributed by atoms with Gasteiger partial charge in [-0.25, -0.2) is 4.98 Å². The van der Waals surface area contributed by atoms with Crippen LogP contribution in [0.1, 0.15) is 52.9 Å². The Morgan fingerprint density at radius 1 is 1.11 bits per heavy atom. The van der Waals surface area contributed by atoms with E-state index >= 15 is 0 Å². The van der Waals surface area contributed by atoms with E-state index in [-0.39, 0.29) is 17.5 Å². The van der Waals surface area contributed by atoms with Gasteiger partial charge in [-0.2, -0.15) is 0 Å². The van der Waals surface area contributed by atoms with E-state index < -0.39 is 12.0 Å². The van der Waals surface area contributed by atoms with Crippen LogP contribution >= 0.6 is 27.3 Å². The Morgan fingerprint density at radius 2 is 1.92 bits per heavy atom. The van der Waals surface area contributed by atoms with Crippen molar-refractivity contribution in [3.8, 4) is 11.1 Å². The Kier molecular flexibility index (Phi) is 6.34. The first-order valence-corrected chi connectivity index (χ1v) is 14.1. The molecule has 0 spiro atoms. The van der Waals surface area contributed by atoms with E-state index in [1.807, 2.05) is 24.3 Å². The van der Waals surface area contributed by atoms with Crippen molar-refractivity contribution in [3.63, 3.8) is 0 Å². The number of aromatic amines is 1. The molecule has 1 atom stereocenters. The molecule has 1 aliphatic carbocycles. The Morgan fingerprint density at radius 3 is 2.68 bits per heavy atom. The van der Waals surface area contributed by atoms with Crippen LogP contribution in [0.5, 0.6) is 0 Å². The highest BCUT2D eigenvalue weighted by Crippen LogP contribution is 2.54. The van der Waals surface area contributed by atoms with Gasteiger partial charge in [0.05, 0.1) is 23.2 Å². The van der Waals surface area contributed by atoms with Gasteiger partial charge in [0.15, 0.2) is 6.10 Å². The predicted molar refractivity (Wildman–Crippen MR) is 147 cm³/mol. The zero-order valence-electron chi connectivity index (χ0n) is 20.1. The average molecular weight is 577 g/mol. The maximum atomic E-state index is 13.3. The number of carbonyl (C=O) groups excluding carboxylic acids is 1. The second kappa shape index (κ2) is 9.67. The second-order valence-corrected chi connectivity index (χ2v) is 11.6. The molecule has 1 fully saturated rings. The predicted octanol–water partition coefficient (Wildman–Crippen LogP) is 5.35. The molecular formula is C29H26BrN3O3S. The molecule has 0 unspecified atom stereocenters. The van der Waals surface area contributed by atoms with Crippen LogP contribution in [0.2, 0.25) is 0 Å². The third-order valence-electron chi connectivity index (χ3n) is 7.38. The molecule has 3 heterocycles. The van der Waals surface area contributed by atoms with E-state index in [0.717, 1.165) is 28.8 Å². The number of hydrogen-bond acceptors (Lipinski definition) is 5. The first-order chi connectivity index (χ1) is 17.9. The Bertz CT molecular complexity index is 1530. The van der Waals surface area contributed by atoms with Crippen LogP contribution in [0.3, 0.4) is 0 Å². The summed E-state index contributed by atoms with van der Waals surface area (Å²) in [4.78, 5) is 37.3. The number of H-pyrrole nitrogens is 1. The first kappa shape index (κ1) is 24.3. The van der Waals surface area contributed by atoms with Crippen molar-refractivity contribution in [1.82, 2.24) is 14.9 Å². The third kappa shape index (κ3) is 4.58. The van der Waals surface area contributed by atoms with Crippen molar-refractivity contribution in [1.29, 1.82) is 0 Å². The quantitative estimate of drug-likeness (QED) is 0.336. The van der Waals surface area contributed by atoms with Gasteiger partial charge >= 0.3 is 0 Å². The van der Waals surface area contributed by atoms with E-state index in [9.17, 15) is 14.7 Å². The number of aliphatic hydroxyl groups excluding tert-OH is 1. The standard InChI is InChI=1S/C29H26BrN3O3S/c30-21-9-4-8-19(14-21)25(34)27(36)33-13-5-10-23-22(16-33)26(35)32-28(31-23)29(11-12-29)24-15-20(17-37-24)18-6-2-1-3-7-18/h1-4,6-9,14-15,17,25,34H,5,10-13,16H2,(H,31,32,35)/t25-/m1/s1. The minimum absolute atomic E-state index is 0.145. The molecule has 8 heteroatoms. The van der Waals surface area contributed by atoms with E-state index in [1.54, 1.807) is 34.4 Å². The molecule has 6 rings (SSSR count). The molecule has 0 bridgehead atoms. The topological polar surface area (TPSA) is 86.3 Å². The zero-order valence-corrected chi connectivity index (χ0v) is 22.5. The van der Waals surface area contributed by atoms with Crippen molar-refractivity contribution in [3.05, 3.63) is 108 Å². The molecule has 1 amide bonds. The number of hydrogen-bond donors (Lipinski definition) is 2. The van der Waals surface area contributed by atoms with Crippen LogP contribution in [0.15, 0.2) is 75.3 Å². The monoisotopic (exact) mass is 575 g/mol. The number of fused-ring (bicyclic) bond motifs is 1. The fourth-order valence-corrected chi connectivity index (χ4v) is 6.72. The number of benzene rings is 2. The minimum Gasteiger partial charge on any atom is -0.378 e. The molecular weight excluding hydrogens is 550 g/mol. The van der Waals surface area contributed by atoms with Gasteiger partial charge in [0, 0.05) is 15.9 Å². The number of nitrogens with zero attached hydrogens (tertiary/aromatic N) is 2. The molecule has 2 aromatic heterocycles. The molecule has 1 saturated carbocycles. The molecule has 0 radical (unpaired) electrons. The fraction of sp³-hybridized carbons (Fsp3) is 0.276. The smallest absolute Gasteiger partial charge is 0.256 e. The number of aryl methyl sites for hydroxylation is 1. The van der Waals surface area contributed by atoms with Gasteiger partial charge in [0.25, 0.3) is 11.5 Å². The summed E-state index contributed by atoms with van der Waals surface area (Å²) in [6.07, 6.45) is 1.93. The van der Waals surface area contributed by atoms with E-state index in [4.69, 9.17) is 4.98 Å². The van der Waals surface area contributed by atoms with Gasteiger partial charge in [0.1, 0.15) is 5.82 Å². The van der Waals surface area contributed by atoms with Crippen LogP contribution in [0.25, 0.3) is 11.1 Å². The van der Waals surface area contributed by atoms with Gasteiger partial charge in [-0.1, -0.05) is 58.4 Å². The Labute approximate surface area is 227 Å². The molecule has 2 aliphatic rings. The van der Waals surface area contributed by atoms with Crippen LogP contribution in [0.4, 0.5) is 0 Å². The van der Waals surface area contributed by atoms with Crippen molar-refractivity contribution in [2.24, 2.45) is 0 Å². The van der Waals surface area contributed by atoms with Gasteiger partial charge < -0.3 is 15.0 Å². The van der Waals surface area contributed by atoms with Gasteiger partial charge in [0.2, 0.25) is 0 Å². The summed E-state index contributed by atoms with van der Waals surface area (Å²) in [6.45, 7) is 0.609. The molecule has 37 heavy (non-hydrogen) atoms. The van der Waals surface area contributed by atoms with Crippen molar-refractivity contribution in [2.75, 3.05) is 6.54 Å². The summed E-state index contributed by atoms with van der Waals surface area (Å²) in [5.41, 5.74) is 3.72. The summed E-state index contributed by atoms with van der Waals surface area (Å²) in [5, 5.41) is 12.9. The van der Waals surface area contributed by atoms with E-state index in [2.05, 4.69) is 44.5 Å². The van der Waals surface area contributed by atoms with Crippen molar-refractivity contribution in [2.45, 2.75) is 43.7 Å². The van der Waals surface area contributed by atoms with Gasteiger partial charge in [-0.05, 0) is 66.0 Å². The number of carbonyl (C=O) groups is 1. The lowest BCUT2D eigenvalue weighted by atomic mass is 10.0. The summed E-state index contributed by atoms with van der Waals surface area (Å²) < 4.78 is 0.793. The van der Waals surface area contributed by atoms with Crippen LogP contribution in [-0.4, -0.2) is 32.4 Å². The Balaban J connectivity index is 1.27. The molecule has 4 aromatic rings. The molecule has 0 saturated heterocycles. The molecule has 6 nitrogen and oxygen atoms in total. The lowest BCUT2D eigenvalue weighted by molar-refractivity contribution is -0.141. The zero-order chi connectivity index (χ0) is 25.6. The lowest BCUT2D eigenvalue weighted by Crippen LogP contribution is -2.36. The summed E-state index contributed by atoms with van der Waals surface area (Å²) in [6, 6.07) is 19.6. The fourth-order valence-electron chi connectivity index (χ4n) is 5.12. The molecule has 2 N–H and O–H groups in total. The molecule has 2 aromatic carbocycles. The average Bonchev–Trinajstić information content (AvgIpc) is 3.63. The van der Waals surface area contributed by atoms with Gasteiger partial charge in [-0.3, -0.25) is 9.59 Å². The first-order valence-electron chi connectivity index (χ1n) is 12.4. The third-order valence-corrected chi connectivity index (χ3v) is 9.01. The summed E-state index contributed by atoms with van der Waals surface area (Å²) >= 11 is 5.10. The minimum atomic E-state index is -1.28. The van der Waals surface area contributed by atoms with E-state index in [1.165, 1.54) is 16.0 Å². The van der Waals surface area contributed by atoms with Crippen LogP contribution < -0.4 is 5.56 Å². The van der Waals surface area contributed by atoms with Crippen molar-refractivity contribution >= 4 is 33.2 Å². The Hall–Kier alpha value is -3.07. The highest BCUT2D eigenvalue weighted by Gasteiger charge is 2.50. The number of halogens is 1. The molecule has 1 aliphatic heterocycles. The second-order valence-electron chi connectivity index (χ2n) is 9.81. The number of aliphatic hydroxyl groups is 1. The van der Waals surface area contributed by atoms with Crippen LogP contribution in [0, 0.1) is 0 Å². The lowest BCUT2D eigenvalue weighted by Gasteiger charge is -2.24. The largest absolute Gasteiger partial charge is 0.378 e. The molecule has 188 valence electrons. The summed E-state index contributed by atoms with van der Waals surface area (Å²) in [7, 11) is 0. The van der Waals surface area contributed by atoms with Gasteiger partial charge in [-0.15, -0.1) is 11.3 Å². The van der Waals surface area contributed by atoms with Crippen LogP contribution in [-0.2, 0) is 23.2 Å². The normalized spacial score (nSPS) is 17.1. The number of rotatable bonds is 5. The highest BCUT2D eigenvalue weighted by atomic mass is 79.9. The number of aromatic nitrogens is 2. The van der Waals surface area contributed by atoms with E-state index in [0.29, 0.717) is 30.5 Å². The highest BCUT2D eigenvalue weighted by molar-refractivity contribution is 9.10. The maximum absolute atomic E-state index is 13.3. The number of amides is 1.